The standard InChI is InChI=1S/C38H64N2O7/c1-3-5-7-9-11-12-13-14-15-16-17-22-26-30-37(44)47-33(27-23-19-10-8-6-4-2)28-24-20-18-21-25-29-35(42)39-31-36(43)40-34(32-41)38(45)46/h5,7,11-12,14-15,17,22,33-34,41H,3-4,6,8-10,13,16,18-21,23-32H2,1-2H3,(H,39,42)(H,40,43)(H,45,46)/b7-5-,12-11-,15-14-,22-17-. The van der Waals surface area contributed by atoms with Gasteiger partial charge in [-0.2, -0.15) is 0 Å². The molecule has 9 heteroatoms. The highest BCUT2D eigenvalue weighted by Gasteiger charge is 2.18. The van der Waals surface area contributed by atoms with Crippen LogP contribution in [0.4, 0.5) is 0 Å². The maximum absolute atomic E-state index is 12.6. The summed E-state index contributed by atoms with van der Waals surface area (Å²) < 4.78 is 5.90. The van der Waals surface area contributed by atoms with Crippen LogP contribution in [-0.2, 0) is 23.9 Å². The number of aliphatic carboxylic acids is 1. The van der Waals surface area contributed by atoms with Crippen LogP contribution in [-0.4, -0.2) is 59.3 Å². The van der Waals surface area contributed by atoms with Crippen LogP contribution in [0, 0.1) is 0 Å². The number of aliphatic hydroxyl groups excluding tert-OH is 1. The van der Waals surface area contributed by atoms with Crippen LogP contribution >= 0.6 is 0 Å². The normalized spacial score (nSPS) is 13.1. The minimum Gasteiger partial charge on any atom is -0.480 e. The van der Waals surface area contributed by atoms with Crippen LogP contribution in [0.3, 0.4) is 0 Å². The van der Waals surface area contributed by atoms with E-state index in [0.29, 0.717) is 19.3 Å². The second kappa shape index (κ2) is 32.7. The molecule has 2 unspecified atom stereocenters. The molecule has 0 rings (SSSR count). The number of unbranched alkanes of at least 4 members (excludes halogenated alkanes) is 9. The van der Waals surface area contributed by atoms with Crippen molar-refractivity contribution in [3.05, 3.63) is 48.6 Å². The van der Waals surface area contributed by atoms with E-state index in [9.17, 15) is 19.2 Å². The number of esters is 1. The van der Waals surface area contributed by atoms with Crippen LogP contribution in [0.25, 0.3) is 0 Å². The molecular formula is C38H64N2O7. The van der Waals surface area contributed by atoms with Gasteiger partial charge in [0.1, 0.15) is 12.1 Å². The lowest BCUT2D eigenvalue weighted by molar-refractivity contribution is -0.149. The molecule has 2 amide bonds. The smallest absolute Gasteiger partial charge is 0.328 e. The zero-order valence-electron chi connectivity index (χ0n) is 29.3. The molecule has 268 valence electrons. The minimum atomic E-state index is -1.38. The molecule has 0 saturated heterocycles. The minimum absolute atomic E-state index is 0.0467. The van der Waals surface area contributed by atoms with Crippen molar-refractivity contribution >= 4 is 23.8 Å². The number of allylic oxidation sites excluding steroid dienone is 8. The summed E-state index contributed by atoms with van der Waals surface area (Å²) in [4.78, 5) is 47.2. The molecule has 47 heavy (non-hydrogen) atoms. The summed E-state index contributed by atoms with van der Waals surface area (Å²) >= 11 is 0. The highest BCUT2D eigenvalue weighted by Crippen LogP contribution is 2.18. The van der Waals surface area contributed by atoms with E-state index in [1.165, 1.54) is 32.1 Å². The monoisotopic (exact) mass is 660 g/mol. The fourth-order valence-corrected chi connectivity index (χ4v) is 4.84. The van der Waals surface area contributed by atoms with Crippen molar-refractivity contribution in [2.24, 2.45) is 0 Å². The average molecular weight is 661 g/mol. The van der Waals surface area contributed by atoms with Crippen molar-refractivity contribution in [2.75, 3.05) is 13.2 Å². The predicted octanol–water partition coefficient (Wildman–Crippen LogP) is 7.64. The zero-order valence-corrected chi connectivity index (χ0v) is 29.3. The van der Waals surface area contributed by atoms with Crippen molar-refractivity contribution in [3.8, 4) is 0 Å². The molecule has 0 saturated carbocycles. The molecule has 9 nitrogen and oxygen atoms in total. The quantitative estimate of drug-likeness (QED) is 0.0340. The summed E-state index contributed by atoms with van der Waals surface area (Å²) in [5, 5.41) is 22.4. The zero-order chi connectivity index (χ0) is 34.8. The Kier molecular flexibility index (Phi) is 30.5. The van der Waals surface area contributed by atoms with Crippen molar-refractivity contribution in [1.29, 1.82) is 0 Å². The van der Waals surface area contributed by atoms with E-state index in [4.69, 9.17) is 14.9 Å². The lowest BCUT2D eigenvalue weighted by Gasteiger charge is -2.18. The first-order chi connectivity index (χ1) is 22.8. The van der Waals surface area contributed by atoms with Gasteiger partial charge in [0.15, 0.2) is 0 Å². The molecule has 0 radical (unpaired) electrons. The van der Waals surface area contributed by atoms with E-state index >= 15 is 0 Å². The summed E-state index contributed by atoms with van der Waals surface area (Å²) in [6, 6.07) is -1.38. The van der Waals surface area contributed by atoms with E-state index in [1.54, 1.807) is 0 Å². The molecule has 0 spiro atoms. The van der Waals surface area contributed by atoms with Gasteiger partial charge in [-0.05, 0) is 64.2 Å². The molecule has 0 fully saturated rings. The Morgan fingerprint density at radius 1 is 0.660 bits per heavy atom. The summed E-state index contributed by atoms with van der Waals surface area (Å²) in [6.07, 6.45) is 35.8. The second-order valence-electron chi connectivity index (χ2n) is 11.9. The summed E-state index contributed by atoms with van der Waals surface area (Å²) in [7, 11) is 0. The van der Waals surface area contributed by atoms with Crippen LogP contribution in [0.15, 0.2) is 48.6 Å². The summed E-state index contributed by atoms with van der Waals surface area (Å²) in [6.45, 7) is 3.30. The average Bonchev–Trinajstić information content (AvgIpc) is 3.05. The van der Waals surface area contributed by atoms with E-state index in [0.717, 1.165) is 70.6 Å². The van der Waals surface area contributed by atoms with Crippen molar-refractivity contribution in [2.45, 2.75) is 154 Å². The number of aliphatic hydroxyl groups is 1. The Balaban J connectivity index is 4.29. The molecule has 0 aliphatic heterocycles. The number of nitrogens with one attached hydrogen (secondary N) is 2. The fraction of sp³-hybridized carbons (Fsp3) is 0.684. The second-order valence-corrected chi connectivity index (χ2v) is 11.9. The van der Waals surface area contributed by atoms with Gasteiger partial charge in [-0.3, -0.25) is 14.4 Å². The molecule has 0 aromatic rings. The molecule has 0 aromatic heterocycles. The molecule has 0 aromatic carbocycles. The van der Waals surface area contributed by atoms with E-state index < -0.39 is 24.5 Å². The summed E-state index contributed by atoms with van der Waals surface area (Å²) in [5.74, 6) is -2.40. The highest BCUT2D eigenvalue weighted by molar-refractivity contribution is 5.87. The van der Waals surface area contributed by atoms with E-state index in [-0.39, 0.29) is 30.9 Å². The molecule has 4 N–H and O–H groups in total. The Labute approximate surface area is 284 Å². The highest BCUT2D eigenvalue weighted by atomic mass is 16.5. The maximum Gasteiger partial charge on any atom is 0.328 e. The third-order valence-corrected chi connectivity index (χ3v) is 7.60. The lowest BCUT2D eigenvalue weighted by atomic mass is 10.0. The van der Waals surface area contributed by atoms with Gasteiger partial charge >= 0.3 is 11.9 Å². The van der Waals surface area contributed by atoms with Crippen LogP contribution in [0.1, 0.15) is 142 Å². The van der Waals surface area contributed by atoms with Crippen LogP contribution < -0.4 is 10.6 Å². The Morgan fingerprint density at radius 3 is 1.74 bits per heavy atom. The SMILES string of the molecule is CC/C=C\C/C=C\C/C=C\C/C=C\CCC(=O)OC(CCCCCCCC)CCCCCCCC(=O)NCC(=O)NC(CO)C(=O)O. The molecular weight excluding hydrogens is 596 g/mol. The molecule has 0 bridgehead atoms. The largest absolute Gasteiger partial charge is 0.480 e. The number of hydrogen-bond acceptors (Lipinski definition) is 6. The van der Waals surface area contributed by atoms with E-state index in [2.05, 4.69) is 73.1 Å². The number of carboxylic acids is 1. The number of hydrogen-bond donors (Lipinski definition) is 4. The third-order valence-electron chi connectivity index (χ3n) is 7.60. The summed E-state index contributed by atoms with van der Waals surface area (Å²) in [5.41, 5.74) is 0. The van der Waals surface area contributed by atoms with Gasteiger partial charge in [0.2, 0.25) is 11.8 Å². The van der Waals surface area contributed by atoms with Crippen LogP contribution in [0.2, 0.25) is 0 Å². The Hall–Kier alpha value is -3.20. The number of amides is 2. The number of carbonyl (C=O) groups excluding carboxylic acids is 3. The first-order valence-corrected chi connectivity index (χ1v) is 18.0. The fourth-order valence-electron chi connectivity index (χ4n) is 4.84. The van der Waals surface area contributed by atoms with Gasteiger partial charge in [0.25, 0.3) is 0 Å². The van der Waals surface area contributed by atoms with Crippen LogP contribution in [0.5, 0.6) is 0 Å². The topological polar surface area (TPSA) is 142 Å². The van der Waals surface area contributed by atoms with Gasteiger partial charge in [0.05, 0.1) is 13.2 Å². The number of ether oxygens (including phenoxy) is 1. The van der Waals surface area contributed by atoms with Gasteiger partial charge in [0, 0.05) is 12.8 Å². The van der Waals surface area contributed by atoms with E-state index in [1.807, 2.05) is 0 Å². The number of carboxylic acid groups (broad SMARTS) is 1. The number of carbonyl (C=O) groups is 4. The predicted molar refractivity (Wildman–Crippen MR) is 190 cm³/mol. The van der Waals surface area contributed by atoms with Crippen molar-refractivity contribution in [1.82, 2.24) is 10.6 Å². The molecule has 0 aliphatic rings. The lowest BCUT2D eigenvalue weighted by Crippen LogP contribution is -2.47. The van der Waals surface area contributed by atoms with Crippen molar-refractivity contribution < 1.29 is 34.1 Å². The first kappa shape index (κ1) is 43.8. The van der Waals surface area contributed by atoms with Gasteiger partial charge in [-0.15, -0.1) is 0 Å². The molecule has 0 aliphatic carbocycles. The Morgan fingerprint density at radius 2 is 1.19 bits per heavy atom. The van der Waals surface area contributed by atoms with Gasteiger partial charge < -0.3 is 25.6 Å². The Bertz CT molecular complexity index is 942. The maximum atomic E-state index is 12.6. The van der Waals surface area contributed by atoms with Gasteiger partial charge in [-0.25, -0.2) is 4.79 Å². The molecule has 0 heterocycles. The number of rotatable bonds is 31. The first-order valence-electron chi connectivity index (χ1n) is 18.0. The van der Waals surface area contributed by atoms with Crippen molar-refractivity contribution in [3.63, 3.8) is 0 Å². The third kappa shape index (κ3) is 29.9. The molecule has 2 atom stereocenters. The van der Waals surface area contributed by atoms with Gasteiger partial charge in [-0.1, -0.05) is 114 Å².